The van der Waals surface area contributed by atoms with Gasteiger partial charge in [0.2, 0.25) is 0 Å². The van der Waals surface area contributed by atoms with Crippen molar-refractivity contribution >= 4 is 22.7 Å². The lowest BCUT2D eigenvalue weighted by Crippen LogP contribution is -2.39. The van der Waals surface area contributed by atoms with Gasteiger partial charge in [0.15, 0.2) is 11.5 Å². The molecule has 3 N–H and O–H groups in total. The second-order valence-electron chi connectivity index (χ2n) is 8.45. The van der Waals surface area contributed by atoms with E-state index in [9.17, 15) is 4.79 Å². The molecule has 1 atom stereocenters. The van der Waals surface area contributed by atoms with E-state index in [2.05, 4.69) is 28.8 Å². The van der Waals surface area contributed by atoms with E-state index in [0.29, 0.717) is 23.5 Å². The third-order valence-corrected chi connectivity index (χ3v) is 5.92. The predicted octanol–water partition coefficient (Wildman–Crippen LogP) is 3.73. The average molecular weight is 411 g/mol. The first-order valence-electron chi connectivity index (χ1n) is 10.9. The van der Waals surface area contributed by atoms with Crippen LogP contribution in [0, 0.1) is 5.41 Å². The van der Waals surface area contributed by atoms with Crippen molar-refractivity contribution in [2.45, 2.75) is 58.9 Å². The highest BCUT2D eigenvalue weighted by molar-refractivity contribution is 5.86. The van der Waals surface area contributed by atoms with Gasteiger partial charge < -0.3 is 11.1 Å². The number of aromatic nitrogens is 4. The first-order valence-corrected chi connectivity index (χ1v) is 10.9. The molecule has 2 aromatic heterocycles. The van der Waals surface area contributed by atoms with E-state index in [0.717, 1.165) is 25.2 Å². The standard InChI is InChI=1S/C23H34N6O/c1-4-6-12-18(5-2)29-19-20(24)26-17-27-21(19)28(22(29)30)16-23(3)13-10-8-7-9-11-14-25-15-23/h4-6,12,17,25H,1,7-11,13-16H2,2-3H3,(H2,24,26,27)/b12-6-,18-5+. The van der Waals surface area contributed by atoms with Gasteiger partial charge in [-0.25, -0.2) is 14.8 Å². The maximum atomic E-state index is 13.6. The van der Waals surface area contributed by atoms with Crippen LogP contribution in [-0.2, 0) is 6.54 Å². The molecule has 162 valence electrons. The van der Waals surface area contributed by atoms with Crippen molar-refractivity contribution in [2.75, 3.05) is 18.8 Å². The topological polar surface area (TPSA) is 90.8 Å². The van der Waals surface area contributed by atoms with Crippen LogP contribution in [0.3, 0.4) is 0 Å². The zero-order valence-electron chi connectivity index (χ0n) is 18.2. The monoisotopic (exact) mass is 410 g/mol. The third-order valence-electron chi connectivity index (χ3n) is 5.92. The van der Waals surface area contributed by atoms with Gasteiger partial charge in [0, 0.05) is 18.8 Å². The van der Waals surface area contributed by atoms with Crippen LogP contribution in [0.5, 0.6) is 0 Å². The van der Waals surface area contributed by atoms with Crippen LogP contribution < -0.4 is 16.7 Å². The second-order valence-corrected chi connectivity index (χ2v) is 8.45. The fourth-order valence-corrected chi connectivity index (χ4v) is 4.28. The number of hydrogen-bond acceptors (Lipinski definition) is 5. The lowest BCUT2D eigenvalue weighted by atomic mass is 9.83. The molecule has 1 aliphatic rings. The van der Waals surface area contributed by atoms with E-state index < -0.39 is 0 Å². The van der Waals surface area contributed by atoms with Gasteiger partial charge in [-0.3, -0.25) is 9.13 Å². The summed E-state index contributed by atoms with van der Waals surface area (Å²) in [6.45, 7) is 10.4. The van der Waals surface area contributed by atoms with E-state index in [4.69, 9.17) is 5.73 Å². The van der Waals surface area contributed by atoms with Gasteiger partial charge >= 0.3 is 5.69 Å². The van der Waals surface area contributed by atoms with E-state index >= 15 is 0 Å². The highest BCUT2D eigenvalue weighted by Crippen LogP contribution is 2.29. The maximum Gasteiger partial charge on any atom is 0.335 e. The quantitative estimate of drug-likeness (QED) is 0.733. The smallest absolute Gasteiger partial charge is 0.335 e. The fourth-order valence-electron chi connectivity index (χ4n) is 4.28. The minimum Gasteiger partial charge on any atom is -0.382 e. The summed E-state index contributed by atoms with van der Waals surface area (Å²) in [4.78, 5) is 22.2. The first kappa shape index (κ1) is 22.0. The molecule has 1 saturated heterocycles. The molecule has 3 heterocycles. The zero-order chi connectivity index (χ0) is 21.6. The highest BCUT2D eigenvalue weighted by Gasteiger charge is 2.29. The molecule has 1 fully saturated rings. The van der Waals surface area contributed by atoms with Gasteiger partial charge in [0.25, 0.3) is 0 Å². The average Bonchev–Trinajstić information content (AvgIpc) is 3.01. The fraction of sp³-hybridized carbons (Fsp3) is 0.522. The number of nitrogens with one attached hydrogen (secondary N) is 1. The summed E-state index contributed by atoms with van der Waals surface area (Å²) in [6.07, 6.45) is 15.9. The summed E-state index contributed by atoms with van der Waals surface area (Å²) in [7, 11) is 0. The molecule has 2 aromatic rings. The van der Waals surface area contributed by atoms with Crippen molar-refractivity contribution in [1.82, 2.24) is 24.4 Å². The number of nitrogens with two attached hydrogens (primary N) is 1. The minimum atomic E-state index is -0.141. The molecule has 7 heteroatoms. The number of imidazole rings is 1. The number of nitrogens with zero attached hydrogens (tertiary/aromatic N) is 4. The normalized spacial score (nSPS) is 21.9. The summed E-state index contributed by atoms with van der Waals surface area (Å²) < 4.78 is 3.38. The van der Waals surface area contributed by atoms with Crippen LogP contribution >= 0.6 is 0 Å². The molecule has 0 bridgehead atoms. The van der Waals surface area contributed by atoms with Crippen molar-refractivity contribution in [3.63, 3.8) is 0 Å². The van der Waals surface area contributed by atoms with Gasteiger partial charge in [-0.1, -0.05) is 57.4 Å². The molecule has 1 unspecified atom stereocenters. The lowest BCUT2D eigenvalue weighted by Gasteiger charge is -2.31. The summed E-state index contributed by atoms with van der Waals surface area (Å²) in [6, 6.07) is 0. The van der Waals surface area contributed by atoms with Crippen LogP contribution in [0.25, 0.3) is 16.9 Å². The van der Waals surface area contributed by atoms with E-state index in [1.54, 1.807) is 21.3 Å². The SMILES string of the molecule is C=C/C=C\C(=C/C)n1c(=O)n(CC2(C)CCCCCCCNC2)c2ncnc(N)c21. The molecular weight excluding hydrogens is 376 g/mol. The highest BCUT2D eigenvalue weighted by atomic mass is 16.1. The van der Waals surface area contributed by atoms with Crippen LogP contribution in [-0.4, -0.2) is 32.2 Å². The zero-order valence-corrected chi connectivity index (χ0v) is 18.2. The number of rotatable bonds is 5. The largest absolute Gasteiger partial charge is 0.382 e. The van der Waals surface area contributed by atoms with Crippen LogP contribution in [0.2, 0.25) is 0 Å². The third kappa shape index (κ3) is 4.73. The van der Waals surface area contributed by atoms with Crippen molar-refractivity contribution in [3.05, 3.63) is 47.7 Å². The van der Waals surface area contributed by atoms with E-state index in [1.807, 2.05) is 19.1 Å². The molecule has 0 aromatic carbocycles. The van der Waals surface area contributed by atoms with Crippen molar-refractivity contribution in [3.8, 4) is 0 Å². The molecule has 30 heavy (non-hydrogen) atoms. The van der Waals surface area contributed by atoms with E-state index in [1.165, 1.54) is 38.4 Å². The molecule has 0 spiro atoms. The molecule has 0 amide bonds. The summed E-state index contributed by atoms with van der Waals surface area (Å²) in [5.74, 6) is 0.302. The number of fused-ring (bicyclic) bond motifs is 1. The molecule has 0 aliphatic carbocycles. The van der Waals surface area contributed by atoms with Gasteiger partial charge in [-0.2, -0.15) is 0 Å². The Kier molecular flexibility index (Phi) is 7.26. The number of hydrogen-bond donors (Lipinski definition) is 2. The Morgan fingerprint density at radius 1 is 1.30 bits per heavy atom. The molecule has 0 radical (unpaired) electrons. The Bertz CT molecular complexity index is 987. The minimum absolute atomic E-state index is 0.0486. The van der Waals surface area contributed by atoms with Crippen molar-refractivity contribution in [1.29, 1.82) is 0 Å². The van der Waals surface area contributed by atoms with Crippen LogP contribution in [0.15, 0.2) is 42.0 Å². The molecular formula is C23H34N6O. The molecule has 3 rings (SSSR count). The predicted molar refractivity (Wildman–Crippen MR) is 124 cm³/mol. The van der Waals surface area contributed by atoms with Crippen molar-refractivity contribution in [2.24, 2.45) is 5.41 Å². The summed E-state index contributed by atoms with van der Waals surface area (Å²) in [5, 5.41) is 3.60. The van der Waals surface area contributed by atoms with Gasteiger partial charge in [0.05, 0.1) is 0 Å². The Labute approximate surface area is 178 Å². The van der Waals surface area contributed by atoms with E-state index in [-0.39, 0.29) is 11.1 Å². The Balaban J connectivity index is 2.08. The van der Waals surface area contributed by atoms with Crippen LogP contribution in [0.4, 0.5) is 5.82 Å². The Hall–Kier alpha value is -2.67. The number of allylic oxidation sites excluding steroid dienone is 5. The maximum absolute atomic E-state index is 13.6. The first-order chi connectivity index (χ1) is 14.5. The van der Waals surface area contributed by atoms with Crippen LogP contribution in [0.1, 0.15) is 52.4 Å². The number of nitrogen functional groups attached to an aromatic ring is 1. The van der Waals surface area contributed by atoms with Gasteiger partial charge in [-0.15, -0.1) is 0 Å². The van der Waals surface area contributed by atoms with Crippen molar-refractivity contribution < 1.29 is 0 Å². The molecule has 0 saturated carbocycles. The summed E-state index contributed by atoms with van der Waals surface area (Å²) >= 11 is 0. The number of anilines is 1. The Morgan fingerprint density at radius 2 is 2.07 bits per heavy atom. The lowest BCUT2D eigenvalue weighted by molar-refractivity contribution is 0.224. The van der Waals surface area contributed by atoms with Gasteiger partial charge in [0.1, 0.15) is 11.8 Å². The summed E-state index contributed by atoms with van der Waals surface area (Å²) in [5.41, 5.74) is 7.87. The molecule has 1 aliphatic heterocycles. The van der Waals surface area contributed by atoms with Gasteiger partial charge in [-0.05, 0) is 37.8 Å². The molecule has 7 nitrogen and oxygen atoms in total. The Morgan fingerprint density at radius 3 is 2.83 bits per heavy atom. The second kappa shape index (κ2) is 9.89.